The molecule has 2 saturated heterocycles. The molecular formula is C12H19NO5. The Kier molecular flexibility index (Phi) is 3.01. The lowest BCUT2D eigenvalue weighted by Gasteiger charge is -2.32. The topological polar surface area (TPSA) is 79.4 Å². The maximum absolute atomic E-state index is 11.8. The third kappa shape index (κ3) is 2.58. The lowest BCUT2D eigenvalue weighted by Crippen LogP contribution is -2.45. The average Bonchev–Trinajstić information content (AvgIpc) is 2.91. The zero-order valence-electron chi connectivity index (χ0n) is 10.9. The van der Waals surface area contributed by atoms with E-state index in [0.717, 1.165) is 0 Å². The number of carbonyl (C=O) groups excluding carboxylic acids is 1. The predicted molar refractivity (Wildman–Crippen MR) is 62.3 cm³/mol. The van der Waals surface area contributed by atoms with Gasteiger partial charge < -0.3 is 19.5 Å². The molecule has 1 amide bonds. The summed E-state index contributed by atoms with van der Waals surface area (Å²) in [5.41, 5.74) is -1.05. The number of carboxylic acids is 1. The van der Waals surface area contributed by atoms with Crippen LogP contribution in [0.3, 0.4) is 0 Å². The van der Waals surface area contributed by atoms with Crippen LogP contribution in [-0.4, -0.2) is 52.5 Å². The molecule has 0 radical (unpaired) electrons. The monoisotopic (exact) mass is 257 g/mol. The van der Waals surface area contributed by atoms with E-state index >= 15 is 0 Å². The Morgan fingerprint density at radius 2 is 1.89 bits per heavy atom. The van der Waals surface area contributed by atoms with Crippen LogP contribution in [0.2, 0.25) is 0 Å². The van der Waals surface area contributed by atoms with Crippen LogP contribution in [0.1, 0.15) is 33.6 Å². The first-order valence-electron chi connectivity index (χ1n) is 6.12. The minimum Gasteiger partial charge on any atom is -0.479 e. The highest BCUT2D eigenvalue weighted by Gasteiger charge is 2.61. The van der Waals surface area contributed by atoms with Gasteiger partial charge in [-0.3, -0.25) is 0 Å². The first-order valence-corrected chi connectivity index (χ1v) is 6.12. The lowest BCUT2D eigenvalue weighted by molar-refractivity contribution is -0.138. The molecule has 2 heterocycles. The van der Waals surface area contributed by atoms with Gasteiger partial charge in [0.25, 0.3) is 0 Å². The molecule has 1 N–H and O–H groups in total. The van der Waals surface area contributed by atoms with Gasteiger partial charge in [0.05, 0.1) is 0 Å². The molecule has 0 aromatic heterocycles. The van der Waals surface area contributed by atoms with Crippen molar-refractivity contribution in [1.82, 2.24) is 4.90 Å². The molecular weight excluding hydrogens is 238 g/mol. The number of hydrogen-bond acceptors (Lipinski definition) is 4. The lowest BCUT2D eigenvalue weighted by atomic mass is 9.93. The molecule has 2 fully saturated rings. The number of aliphatic carboxylic acids is 1. The molecule has 0 aliphatic carbocycles. The van der Waals surface area contributed by atoms with E-state index in [1.54, 1.807) is 4.90 Å². The van der Waals surface area contributed by atoms with Gasteiger partial charge in [-0.15, -0.1) is 0 Å². The molecule has 2 rings (SSSR count). The highest BCUT2D eigenvalue weighted by Crippen LogP contribution is 2.45. The summed E-state index contributed by atoms with van der Waals surface area (Å²) in [6, 6.07) is 0. The number of hydrogen-bond donors (Lipinski definition) is 1. The third-order valence-corrected chi connectivity index (χ3v) is 3.26. The van der Waals surface area contributed by atoms with Crippen molar-refractivity contribution in [2.24, 2.45) is 0 Å². The Morgan fingerprint density at radius 1 is 1.33 bits per heavy atom. The average molecular weight is 257 g/mol. The van der Waals surface area contributed by atoms with Crippen molar-refractivity contribution in [1.29, 1.82) is 0 Å². The molecule has 2 aliphatic heterocycles. The summed E-state index contributed by atoms with van der Waals surface area (Å²) in [4.78, 5) is 24.2. The fourth-order valence-corrected chi connectivity index (χ4v) is 2.25. The number of likely N-dealkylation sites (tertiary alicyclic amines) is 1. The van der Waals surface area contributed by atoms with Crippen molar-refractivity contribution >= 4 is 12.1 Å². The Balaban J connectivity index is 1.85. The molecule has 0 aromatic carbocycles. The summed E-state index contributed by atoms with van der Waals surface area (Å²) in [6.07, 6.45) is 0.0787. The normalized spacial score (nSPS) is 25.9. The molecule has 1 unspecified atom stereocenters. The maximum Gasteiger partial charge on any atom is 0.410 e. The van der Waals surface area contributed by atoms with Crippen molar-refractivity contribution in [3.8, 4) is 0 Å². The van der Waals surface area contributed by atoms with Gasteiger partial charge in [0.1, 0.15) is 11.2 Å². The summed E-state index contributed by atoms with van der Waals surface area (Å²) in [5, 5.41) is 8.87. The van der Waals surface area contributed by atoms with E-state index in [-0.39, 0.29) is 6.09 Å². The number of epoxide rings is 1. The van der Waals surface area contributed by atoms with Crippen molar-refractivity contribution in [2.45, 2.75) is 50.9 Å². The first kappa shape index (κ1) is 13.1. The van der Waals surface area contributed by atoms with Gasteiger partial charge in [0, 0.05) is 13.1 Å². The van der Waals surface area contributed by atoms with Gasteiger partial charge in [-0.2, -0.15) is 0 Å². The van der Waals surface area contributed by atoms with Crippen LogP contribution < -0.4 is 0 Å². The fourth-order valence-electron chi connectivity index (χ4n) is 2.25. The Hall–Kier alpha value is -1.30. The van der Waals surface area contributed by atoms with Crippen molar-refractivity contribution in [3.05, 3.63) is 0 Å². The SMILES string of the molecule is CC(C)(C)OC(=O)N1CCC2(CC1)OC2C(=O)O. The van der Waals surface area contributed by atoms with Crippen LogP contribution >= 0.6 is 0 Å². The van der Waals surface area contributed by atoms with E-state index in [9.17, 15) is 9.59 Å². The van der Waals surface area contributed by atoms with Gasteiger partial charge >= 0.3 is 12.1 Å². The Bertz CT molecular complexity index is 365. The Labute approximate surface area is 106 Å². The standard InChI is InChI=1S/C12H19NO5/c1-11(2,3)18-10(16)13-6-4-12(5-7-13)8(17-12)9(14)15/h8H,4-7H2,1-3H3,(H,14,15). The molecule has 6 nitrogen and oxygen atoms in total. The summed E-state index contributed by atoms with van der Waals surface area (Å²) in [5.74, 6) is -0.916. The van der Waals surface area contributed by atoms with E-state index in [1.807, 2.05) is 20.8 Å². The van der Waals surface area contributed by atoms with Crippen molar-refractivity contribution < 1.29 is 24.2 Å². The number of nitrogens with zero attached hydrogens (tertiary/aromatic N) is 1. The minimum absolute atomic E-state index is 0.343. The second-order valence-corrected chi connectivity index (χ2v) is 5.87. The van der Waals surface area contributed by atoms with Gasteiger partial charge in [-0.1, -0.05) is 0 Å². The van der Waals surface area contributed by atoms with Crippen LogP contribution in [0.5, 0.6) is 0 Å². The second-order valence-electron chi connectivity index (χ2n) is 5.87. The van der Waals surface area contributed by atoms with Gasteiger partial charge in [0.2, 0.25) is 0 Å². The number of carboxylic acid groups (broad SMARTS) is 1. The van der Waals surface area contributed by atoms with Crippen LogP contribution in [-0.2, 0) is 14.3 Å². The zero-order valence-corrected chi connectivity index (χ0v) is 10.9. The molecule has 2 aliphatic rings. The molecule has 1 atom stereocenters. The van der Waals surface area contributed by atoms with Crippen molar-refractivity contribution in [3.63, 3.8) is 0 Å². The van der Waals surface area contributed by atoms with E-state index in [2.05, 4.69) is 0 Å². The second kappa shape index (κ2) is 4.12. The third-order valence-electron chi connectivity index (χ3n) is 3.26. The molecule has 102 valence electrons. The zero-order chi connectivity index (χ0) is 13.6. The van der Waals surface area contributed by atoms with Crippen LogP contribution in [0.15, 0.2) is 0 Å². The smallest absolute Gasteiger partial charge is 0.410 e. The summed E-state index contributed by atoms with van der Waals surface area (Å²) in [7, 11) is 0. The highest BCUT2D eigenvalue weighted by molar-refractivity contribution is 5.77. The Morgan fingerprint density at radius 3 is 2.28 bits per heavy atom. The van der Waals surface area contributed by atoms with E-state index in [4.69, 9.17) is 14.6 Å². The summed E-state index contributed by atoms with van der Waals surface area (Å²) < 4.78 is 10.5. The van der Waals surface area contributed by atoms with E-state index in [0.29, 0.717) is 25.9 Å². The fraction of sp³-hybridized carbons (Fsp3) is 0.833. The minimum atomic E-state index is -0.916. The number of piperidine rings is 1. The summed E-state index contributed by atoms with van der Waals surface area (Å²) in [6.45, 7) is 6.43. The predicted octanol–water partition coefficient (Wildman–Crippen LogP) is 1.24. The van der Waals surface area contributed by atoms with Crippen LogP contribution in [0.4, 0.5) is 4.79 Å². The van der Waals surface area contributed by atoms with E-state index < -0.39 is 23.3 Å². The molecule has 0 bridgehead atoms. The molecule has 6 heteroatoms. The number of carbonyl (C=O) groups is 2. The quantitative estimate of drug-likeness (QED) is 0.715. The highest BCUT2D eigenvalue weighted by atomic mass is 16.6. The van der Waals surface area contributed by atoms with Crippen molar-refractivity contribution in [2.75, 3.05) is 13.1 Å². The van der Waals surface area contributed by atoms with Gasteiger partial charge in [-0.05, 0) is 33.6 Å². The van der Waals surface area contributed by atoms with Gasteiger partial charge in [0.15, 0.2) is 6.10 Å². The molecule has 18 heavy (non-hydrogen) atoms. The van der Waals surface area contributed by atoms with Crippen LogP contribution in [0, 0.1) is 0 Å². The molecule has 1 spiro atoms. The largest absolute Gasteiger partial charge is 0.479 e. The molecule has 0 saturated carbocycles. The molecule has 0 aromatic rings. The number of amides is 1. The van der Waals surface area contributed by atoms with E-state index in [1.165, 1.54) is 0 Å². The summed E-state index contributed by atoms with van der Waals surface area (Å²) >= 11 is 0. The number of ether oxygens (including phenoxy) is 2. The maximum atomic E-state index is 11.8. The van der Waals surface area contributed by atoms with Gasteiger partial charge in [-0.25, -0.2) is 9.59 Å². The number of rotatable bonds is 1. The van der Waals surface area contributed by atoms with Crippen LogP contribution in [0.25, 0.3) is 0 Å². The first-order chi connectivity index (χ1) is 8.23.